The van der Waals surface area contributed by atoms with Crippen LogP contribution < -0.4 is 5.73 Å². The van der Waals surface area contributed by atoms with E-state index in [0.29, 0.717) is 31.3 Å². The van der Waals surface area contributed by atoms with Crippen molar-refractivity contribution in [3.8, 4) is 0 Å². The summed E-state index contributed by atoms with van der Waals surface area (Å²) < 4.78 is 5.56. The minimum absolute atomic E-state index is 0.0193. The first-order valence-electron chi connectivity index (χ1n) is 9.42. The largest absolute Gasteiger partial charge is 0.456 e. The average Bonchev–Trinajstić information content (AvgIpc) is 3.27. The highest BCUT2D eigenvalue weighted by atomic mass is 16.4. The molecule has 2 fully saturated rings. The van der Waals surface area contributed by atoms with Crippen LogP contribution in [0.5, 0.6) is 0 Å². The normalized spacial score (nSPS) is 24.8. The van der Waals surface area contributed by atoms with E-state index >= 15 is 0 Å². The highest BCUT2D eigenvalue weighted by Crippen LogP contribution is 2.28. The standard InChI is InChI=1S/C19H29N3O3/c1-3-16-4-5-17(25-16)19(24)21-8-6-15(7-9-21)18(23)22-12-14(11-20)10-13(22)2/h4-5,13-15H,3,6-12,20H2,1-2H3. The fourth-order valence-corrected chi connectivity index (χ4v) is 4.02. The minimum Gasteiger partial charge on any atom is -0.456 e. The number of hydrogen-bond donors (Lipinski definition) is 1. The van der Waals surface area contributed by atoms with Crippen LogP contribution in [0.25, 0.3) is 0 Å². The Labute approximate surface area is 149 Å². The summed E-state index contributed by atoms with van der Waals surface area (Å²) in [7, 11) is 0. The zero-order valence-corrected chi connectivity index (χ0v) is 15.2. The molecule has 6 heteroatoms. The van der Waals surface area contributed by atoms with E-state index in [4.69, 9.17) is 10.2 Å². The molecule has 0 radical (unpaired) electrons. The molecule has 2 atom stereocenters. The molecule has 0 aliphatic carbocycles. The predicted molar refractivity (Wildman–Crippen MR) is 95.0 cm³/mol. The van der Waals surface area contributed by atoms with Gasteiger partial charge in [0.15, 0.2) is 5.76 Å². The number of furan rings is 1. The van der Waals surface area contributed by atoms with E-state index in [0.717, 1.165) is 38.0 Å². The molecule has 1 aromatic rings. The molecular weight excluding hydrogens is 318 g/mol. The van der Waals surface area contributed by atoms with Crippen molar-refractivity contribution in [2.24, 2.45) is 17.6 Å². The lowest BCUT2D eigenvalue weighted by molar-refractivity contribution is -0.137. The Kier molecular flexibility index (Phi) is 5.47. The highest BCUT2D eigenvalue weighted by Gasteiger charge is 2.37. The summed E-state index contributed by atoms with van der Waals surface area (Å²) in [5.74, 6) is 1.84. The van der Waals surface area contributed by atoms with Crippen molar-refractivity contribution in [2.45, 2.75) is 45.6 Å². The van der Waals surface area contributed by atoms with Crippen molar-refractivity contribution >= 4 is 11.8 Å². The van der Waals surface area contributed by atoms with Gasteiger partial charge in [-0.25, -0.2) is 0 Å². The van der Waals surface area contributed by atoms with Gasteiger partial charge in [-0.2, -0.15) is 0 Å². The second kappa shape index (κ2) is 7.60. The second-order valence-corrected chi connectivity index (χ2v) is 7.36. The Morgan fingerprint density at radius 3 is 2.56 bits per heavy atom. The fraction of sp³-hybridized carbons (Fsp3) is 0.684. The number of nitrogens with zero attached hydrogens (tertiary/aromatic N) is 2. The molecule has 6 nitrogen and oxygen atoms in total. The van der Waals surface area contributed by atoms with Crippen molar-refractivity contribution in [1.82, 2.24) is 9.80 Å². The summed E-state index contributed by atoms with van der Waals surface area (Å²) in [6.07, 6.45) is 3.23. The van der Waals surface area contributed by atoms with Crippen LogP contribution in [0, 0.1) is 11.8 Å². The molecule has 0 bridgehead atoms. The van der Waals surface area contributed by atoms with E-state index in [1.807, 2.05) is 17.9 Å². The molecule has 0 spiro atoms. The summed E-state index contributed by atoms with van der Waals surface area (Å²) in [5.41, 5.74) is 5.76. The van der Waals surface area contributed by atoms with Crippen molar-refractivity contribution in [3.63, 3.8) is 0 Å². The van der Waals surface area contributed by atoms with Gasteiger partial charge in [0.1, 0.15) is 5.76 Å². The van der Waals surface area contributed by atoms with Crippen LogP contribution in [0.1, 0.15) is 49.4 Å². The molecule has 25 heavy (non-hydrogen) atoms. The van der Waals surface area contributed by atoms with E-state index in [-0.39, 0.29) is 23.8 Å². The number of carbonyl (C=O) groups is 2. The summed E-state index contributed by atoms with van der Waals surface area (Å²) in [6.45, 7) is 6.75. The first kappa shape index (κ1) is 18.0. The monoisotopic (exact) mass is 347 g/mol. The van der Waals surface area contributed by atoms with Gasteiger partial charge < -0.3 is 20.0 Å². The lowest BCUT2D eigenvalue weighted by Gasteiger charge is -2.34. The number of carbonyl (C=O) groups excluding carboxylic acids is 2. The lowest BCUT2D eigenvalue weighted by atomic mass is 9.95. The molecule has 1 aromatic heterocycles. The van der Waals surface area contributed by atoms with Crippen LogP contribution in [-0.4, -0.2) is 53.8 Å². The summed E-state index contributed by atoms with van der Waals surface area (Å²) in [4.78, 5) is 29.1. The molecule has 138 valence electrons. The number of aryl methyl sites for hydroxylation is 1. The number of hydrogen-bond acceptors (Lipinski definition) is 4. The zero-order valence-electron chi connectivity index (χ0n) is 15.2. The Balaban J connectivity index is 1.54. The van der Waals surface area contributed by atoms with E-state index < -0.39 is 0 Å². The van der Waals surface area contributed by atoms with Crippen LogP contribution in [-0.2, 0) is 11.2 Å². The summed E-state index contributed by atoms with van der Waals surface area (Å²) >= 11 is 0. The second-order valence-electron chi connectivity index (χ2n) is 7.36. The van der Waals surface area contributed by atoms with Gasteiger partial charge in [-0.15, -0.1) is 0 Å². The third-order valence-corrected chi connectivity index (χ3v) is 5.63. The topological polar surface area (TPSA) is 79.8 Å². The van der Waals surface area contributed by atoms with Gasteiger partial charge in [0.05, 0.1) is 0 Å². The maximum Gasteiger partial charge on any atom is 0.289 e. The predicted octanol–water partition coefficient (Wildman–Crippen LogP) is 1.89. The molecule has 2 N–H and O–H groups in total. The first-order chi connectivity index (χ1) is 12.0. The van der Waals surface area contributed by atoms with E-state index in [9.17, 15) is 9.59 Å². The Bertz CT molecular complexity index is 619. The third kappa shape index (κ3) is 3.73. The van der Waals surface area contributed by atoms with E-state index in [2.05, 4.69) is 6.92 Å². The van der Waals surface area contributed by atoms with Crippen LogP contribution in [0.3, 0.4) is 0 Å². The molecule has 2 saturated heterocycles. The van der Waals surface area contributed by atoms with Crippen molar-refractivity contribution in [2.75, 3.05) is 26.2 Å². The molecular formula is C19H29N3O3. The molecule has 0 aromatic carbocycles. The Morgan fingerprint density at radius 2 is 2.00 bits per heavy atom. The van der Waals surface area contributed by atoms with Crippen molar-refractivity contribution in [1.29, 1.82) is 0 Å². The molecule has 2 amide bonds. The molecule has 3 rings (SSSR count). The van der Waals surface area contributed by atoms with Gasteiger partial charge in [0.25, 0.3) is 5.91 Å². The third-order valence-electron chi connectivity index (χ3n) is 5.63. The smallest absolute Gasteiger partial charge is 0.289 e. The zero-order chi connectivity index (χ0) is 18.0. The molecule has 2 unspecified atom stereocenters. The molecule has 2 aliphatic heterocycles. The molecule has 0 saturated carbocycles. The van der Waals surface area contributed by atoms with Gasteiger partial charge in [0.2, 0.25) is 5.91 Å². The average molecular weight is 347 g/mol. The lowest BCUT2D eigenvalue weighted by Crippen LogP contribution is -2.45. The SMILES string of the molecule is CCc1ccc(C(=O)N2CCC(C(=O)N3CC(CN)CC3C)CC2)o1. The van der Waals surface area contributed by atoms with Gasteiger partial charge in [-0.1, -0.05) is 6.92 Å². The van der Waals surface area contributed by atoms with Crippen molar-refractivity contribution in [3.05, 3.63) is 23.7 Å². The number of nitrogens with two attached hydrogens (primary N) is 1. The van der Waals surface area contributed by atoms with Gasteiger partial charge in [0, 0.05) is 38.0 Å². The highest BCUT2D eigenvalue weighted by molar-refractivity contribution is 5.91. The molecule has 3 heterocycles. The Morgan fingerprint density at radius 1 is 1.28 bits per heavy atom. The van der Waals surface area contributed by atoms with E-state index in [1.54, 1.807) is 11.0 Å². The summed E-state index contributed by atoms with van der Waals surface area (Å²) in [5, 5.41) is 0. The van der Waals surface area contributed by atoms with Crippen LogP contribution in [0.2, 0.25) is 0 Å². The number of likely N-dealkylation sites (tertiary alicyclic amines) is 2. The maximum absolute atomic E-state index is 12.8. The van der Waals surface area contributed by atoms with Crippen molar-refractivity contribution < 1.29 is 14.0 Å². The summed E-state index contributed by atoms with van der Waals surface area (Å²) in [6, 6.07) is 3.87. The van der Waals surface area contributed by atoms with Crippen LogP contribution >= 0.6 is 0 Å². The minimum atomic E-state index is -0.0664. The first-order valence-corrected chi connectivity index (χ1v) is 9.42. The van der Waals surface area contributed by atoms with Gasteiger partial charge in [-0.05, 0) is 50.8 Å². The number of amides is 2. The number of rotatable bonds is 4. The Hall–Kier alpha value is -1.82. The fourth-order valence-electron chi connectivity index (χ4n) is 4.02. The maximum atomic E-state index is 12.8. The van der Waals surface area contributed by atoms with E-state index in [1.165, 1.54) is 0 Å². The van der Waals surface area contributed by atoms with Gasteiger partial charge in [-0.3, -0.25) is 9.59 Å². The van der Waals surface area contributed by atoms with Gasteiger partial charge >= 0.3 is 0 Å². The quantitative estimate of drug-likeness (QED) is 0.902. The van der Waals surface area contributed by atoms with Crippen LogP contribution in [0.15, 0.2) is 16.5 Å². The van der Waals surface area contributed by atoms with Crippen LogP contribution in [0.4, 0.5) is 0 Å². The molecule has 2 aliphatic rings. The number of piperidine rings is 1.